The fourth-order valence-corrected chi connectivity index (χ4v) is 0.250. The van der Waals surface area contributed by atoms with Gasteiger partial charge in [0, 0.05) is 34.2 Å². The second-order valence-corrected chi connectivity index (χ2v) is 1.06. The van der Waals surface area contributed by atoms with Crippen molar-refractivity contribution < 1.29 is 44.3 Å². The van der Waals surface area contributed by atoms with E-state index in [0.717, 1.165) is 13.1 Å². The minimum Gasteiger partial charge on any atom is 0 e. The number of rotatable bonds is 3. The third-order valence-electron chi connectivity index (χ3n) is 0.479. The molecule has 0 atom stereocenters. The van der Waals surface area contributed by atoms with E-state index in [1.165, 1.54) is 0 Å². The van der Waals surface area contributed by atoms with Crippen molar-refractivity contribution in [3.05, 3.63) is 33.3 Å². The summed E-state index contributed by atoms with van der Waals surface area (Å²) in [4.78, 5) is 0. The van der Waals surface area contributed by atoms with Gasteiger partial charge in [-0.15, -0.1) is 0 Å². The molecule has 0 saturated carbocycles. The zero-order valence-corrected chi connectivity index (χ0v) is 12.3. The summed E-state index contributed by atoms with van der Waals surface area (Å²) in [5.74, 6) is 0. The summed E-state index contributed by atoms with van der Waals surface area (Å²) in [7, 11) is 0. The van der Waals surface area contributed by atoms with Crippen LogP contribution in [0.25, 0.3) is 0 Å². The molecule has 8 heteroatoms. The first kappa shape index (κ1) is 44.1. The Morgan fingerprint density at radius 1 is 0.588 bits per heavy atom. The van der Waals surface area contributed by atoms with Crippen LogP contribution in [-0.2, 0) is 44.3 Å². The van der Waals surface area contributed by atoms with Gasteiger partial charge in [0.15, 0.2) is 0 Å². The molecule has 0 saturated heterocycles. The van der Waals surface area contributed by atoms with E-state index < -0.39 is 0 Å². The van der Waals surface area contributed by atoms with E-state index in [-0.39, 0.29) is 21.1 Å². The van der Waals surface area contributed by atoms with Crippen molar-refractivity contribution in [2.45, 2.75) is 13.8 Å². The van der Waals surface area contributed by atoms with Crippen LogP contribution in [0.1, 0.15) is 13.8 Å². The van der Waals surface area contributed by atoms with Crippen LogP contribution in [0.5, 0.6) is 0 Å². The van der Waals surface area contributed by atoms with E-state index >= 15 is 0 Å². The molecule has 0 aromatic rings. The van der Waals surface area contributed by atoms with Gasteiger partial charge in [-0.2, -0.15) is 0 Å². The summed E-state index contributed by atoms with van der Waals surface area (Å²) in [6.07, 6.45) is 0. The number of nitrogens with one attached hydrogen (secondary N) is 2. The largest absolute Gasteiger partial charge is 0 e. The molecule has 0 rings (SSSR count). The first-order valence-corrected chi connectivity index (χ1v) is 3.39. The Balaban J connectivity index is -0.0000000158. The second kappa shape index (κ2) is 286. The minimum absolute atomic E-state index is 0. The third-order valence-corrected chi connectivity index (χ3v) is 0.479. The maximum Gasteiger partial charge on any atom is 0 e. The van der Waals surface area contributed by atoms with Gasteiger partial charge in [-0.25, -0.2) is 0 Å². The summed E-state index contributed by atoms with van der Waals surface area (Å²) < 4.78 is 37.5. The van der Waals surface area contributed by atoms with Gasteiger partial charge in [0.2, 0.25) is 0 Å². The first-order valence-electron chi connectivity index (χ1n) is 3.39. The second-order valence-electron chi connectivity index (χ2n) is 1.06. The number of hydrogen-bond acceptors (Lipinski definition) is 2. The molecule has 0 unspecified atom stereocenters. The summed E-state index contributed by atoms with van der Waals surface area (Å²) in [5, 5.41) is 0. The SMILES string of the molecule is CCNNCC.[C-]#[O+].[C-]#[O+].[C-]#[O+].[C-]#[O+].[C-]#[O+].[W]. The molecule has 0 aromatic heterocycles. The molecule has 0 amide bonds. The van der Waals surface area contributed by atoms with Crippen LogP contribution in [0.2, 0.25) is 0 Å². The van der Waals surface area contributed by atoms with Crippen molar-refractivity contribution in [3.8, 4) is 0 Å². The zero-order chi connectivity index (χ0) is 14.8. The van der Waals surface area contributed by atoms with E-state index in [2.05, 4.69) is 58.0 Å². The average Bonchev–Trinajstić information content (AvgIpc) is 2.47. The summed E-state index contributed by atoms with van der Waals surface area (Å²) >= 11 is 0. The predicted octanol–water partition coefficient (Wildman–Crippen LogP) is -0.0696. The molecule has 0 aliphatic carbocycles. The van der Waals surface area contributed by atoms with Crippen LogP contribution >= 0.6 is 0 Å². The van der Waals surface area contributed by atoms with Gasteiger partial charge < -0.3 is 0 Å². The van der Waals surface area contributed by atoms with Crippen LogP contribution in [0, 0.1) is 33.3 Å². The molecule has 7 nitrogen and oxygen atoms in total. The van der Waals surface area contributed by atoms with Crippen LogP contribution < -0.4 is 10.9 Å². The van der Waals surface area contributed by atoms with Crippen LogP contribution in [0.3, 0.4) is 0 Å². The van der Waals surface area contributed by atoms with E-state index in [4.69, 9.17) is 23.3 Å². The Morgan fingerprint density at radius 3 is 0.765 bits per heavy atom. The van der Waals surface area contributed by atoms with Gasteiger partial charge in [-0.1, -0.05) is 13.8 Å². The van der Waals surface area contributed by atoms with Gasteiger partial charge in [0.05, 0.1) is 0 Å². The monoisotopic (exact) mass is 412 g/mol. The average molecular weight is 412 g/mol. The van der Waals surface area contributed by atoms with E-state index in [1.807, 2.05) is 0 Å². The summed E-state index contributed by atoms with van der Waals surface area (Å²) in [6, 6.07) is 0. The van der Waals surface area contributed by atoms with Crippen molar-refractivity contribution in [3.63, 3.8) is 0 Å². The molecule has 0 aromatic carbocycles. The molecule has 0 heterocycles. The molecule has 2 N–H and O–H groups in total. The molecule has 17 heavy (non-hydrogen) atoms. The quantitative estimate of drug-likeness (QED) is 0.292. The standard InChI is InChI=1S/C4H12N2.5CO.W/c1-3-5-6-4-2;5*1-2;/h5-6H,3-4H2,1-2H3;;;;;;. The van der Waals surface area contributed by atoms with Crippen molar-refractivity contribution in [1.82, 2.24) is 10.9 Å². The molecule has 94 valence electrons. The Morgan fingerprint density at radius 2 is 0.706 bits per heavy atom. The van der Waals surface area contributed by atoms with Crippen LogP contribution in [-0.4, -0.2) is 13.1 Å². The Kier molecular flexibility index (Phi) is 743. The molecular weight excluding hydrogens is 400 g/mol. The maximum atomic E-state index is 7.50. The molecule has 0 radical (unpaired) electrons. The fraction of sp³-hybridized carbons (Fsp3) is 0.444. The topological polar surface area (TPSA) is 124 Å². The summed E-state index contributed by atoms with van der Waals surface area (Å²) in [5.41, 5.74) is 5.90. The maximum absolute atomic E-state index is 7.50. The van der Waals surface area contributed by atoms with Crippen molar-refractivity contribution >= 4 is 0 Å². The van der Waals surface area contributed by atoms with Crippen molar-refractivity contribution in [2.24, 2.45) is 0 Å². The molecule has 0 spiro atoms. The predicted molar refractivity (Wildman–Crippen MR) is 47.0 cm³/mol. The smallest absolute Gasteiger partial charge is 0 e. The van der Waals surface area contributed by atoms with Crippen molar-refractivity contribution in [2.75, 3.05) is 13.1 Å². The van der Waals surface area contributed by atoms with Gasteiger partial charge in [0.25, 0.3) is 0 Å². The summed E-state index contributed by atoms with van der Waals surface area (Å²) in [6.45, 7) is 28.6. The fourth-order valence-electron chi connectivity index (χ4n) is 0.250. The van der Waals surface area contributed by atoms with Crippen molar-refractivity contribution in [1.29, 1.82) is 0 Å². The van der Waals surface area contributed by atoms with Crippen LogP contribution in [0.15, 0.2) is 0 Å². The first-order chi connectivity index (χ1) is 7.91. The van der Waals surface area contributed by atoms with Gasteiger partial charge in [-0.3, -0.25) is 10.9 Å². The molecule has 0 bridgehead atoms. The number of hydrazine groups is 1. The van der Waals surface area contributed by atoms with E-state index in [1.54, 1.807) is 0 Å². The Hall–Kier alpha value is -0.692. The van der Waals surface area contributed by atoms with E-state index in [9.17, 15) is 0 Å². The van der Waals surface area contributed by atoms with Crippen LogP contribution in [0.4, 0.5) is 0 Å². The van der Waals surface area contributed by atoms with Gasteiger partial charge in [-0.05, 0) is 0 Å². The molecular formula is C9H12N2O5W. The third kappa shape index (κ3) is 509. The van der Waals surface area contributed by atoms with Gasteiger partial charge >= 0.3 is 56.5 Å². The molecule has 0 aliphatic rings. The normalized spacial score (nSPS) is 3.76. The molecule has 0 fully saturated rings. The molecule has 0 aliphatic heterocycles. The number of hydrogen-bond donors (Lipinski definition) is 2. The minimum atomic E-state index is 0. The van der Waals surface area contributed by atoms with Gasteiger partial charge in [0.1, 0.15) is 0 Å². The Bertz CT molecular complexity index is 126. The zero-order valence-electron chi connectivity index (χ0n) is 9.36. The van der Waals surface area contributed by atoms with E-state index in [0.29, 0.717) is 0 Å². The Labute approximate surface area is 116 Å².